The van der Waals surface area contributed by atoms with Gasteiger partial charge in [-0.1, -0.05) is 0 Å². The first-order valence-electron chi connectivity index (χ1n) is 3.77. The van der Waals surface area contributed by atoms with Crippen LogP contribution in [0.15, 0.2) is 18.2 Å². The Hall–Kier alpha value is -1.50. The Kier molecular flexibility index (Phi) is 3.04. The standard InChI is InChI=1S/C8H7F2NO3S/c1-15(13,14)8(12)11-7-3-2-5(9)4-6(7)10/h2-4H,1H3,(H,11,12). The lowest BCUT2D eigenvalue weighted by atomic mass is 10.3. The maximum atomic E-state index is 12.9. The number of rotatable bonds is 1. The van der Waals surface area contributed by atoms with Crippen LogP contribution in [0.25, 0.3) is 0 Å². The van der Waals surface area contributed by atoms with Gasteiger partial charge >= 0.3 is 5.24 Å². The van der Waals surface area contributed by atoms with Crippen molar-refractivity contribution in [1.29, 1.82) is 0 Å². The summed E-state index contributed by atoms with van der Waals surface area (Å²) in [5, 5.41) is 0.469. The molecule has 0 saturated heterocycles. The van der Waals surface area contributed by atoms with E-state index < -0.39 is 26.7 Å². The molecule has 0 fully saturated rings. The second-order valence-corrected chi connectivity index (χ2v) is 4.72. The molecule has 1 rings (SSSR count). The summed E-state index contributed by atoms with van der Waals surface area (Å²) in [4.78, 5) is 10.9. The molecule has 0 aliphatic rings. The Balaban J connectivity index is 2.96. The van der Waals surface area contributed by atoms with Gasteiger partial charge in [0.1, 0.15) is 11.6 Å². The highest BCUT2D eigenvalue weighted by Crippen LogP contribution is 2.15. The molecule has 0 saturated carbocycles. The normalized spacial score (nSPS) is 11.1. The van der Waals surface area contributed by atoms with Gasteiger partial charge in [-0.25, -0.2) is 17.2 Å². The van der Waals surface area contributed by atoms with Crippen LogP contribution >= 0.6 is 0 Å². The molecule has 0 atom stereocenters. The van der Waals surface area contributed by atoms with Crippen LogP contribution in [0.1, 0.15) is 0 Å². The second-order valence-electron chi connectivity index (χ2n) is 2.81. The van der Waals surface area contributed by atoms with Crippen LogP contribution in [0.5, 0.6) is 0 Å². The number of sulfone groups is 1. The van der Waals surface area contributed by atoms with Crippen LogP contribution < -0.4 is 5.32 Å². The third-order valence-electron chi connectivity index (χ3n) is 1.50. The van der Waals surface area contributed by atoms with Crippen LogP contribution in [-0.2, 0) is 9.84 Å². The van der Waals surface area contributed by atoms with Gasteiger partial charge < -0.3 is 5.32 Å². The quantitative estimate of drug-likeness (QED) is 0.803. The zero-order valence-corrected chi connectivity index (χ0v) is 8.44. The van der Waals surface area contributed by atoms with E-state index in [1.807, 2.05) is 5.32 Å². The van der Waals surface area contributed by atoms with Crippen molar-refractivity contribution in [3.05, 3.63) is 29.8 Å². The van der Waals surface area contributed by atoms with Crippen LogP contribution in [0, 0.1) is 11.6 Å². The minimum atomic E-state index is -3.94. The van der Waals surface area contributed by atoms with Crippen molar-refractivity contribution < 1.29 is 22.0 Å². The number of amides is 1. The van der Waals surface area contributed by atoms with Crippen molar-refractivity contribution in [3.63, 3.8) is 0 Å². The van der Waals surface area contributed by atoms with E-state index in [1.54, 1.807) is 0 Å². The SMILES string of the molecule is CS(=O)(=O)C(=O)Nc1ccc(F)cc1F. The van der Waals surface area contributed by atoms with E-state index in [1.165, 1.54) is 0 Å². The molecule has 0 heterocycles. The van der Waals surface area contributed by atoms with E-state index in [9.17, 15) is 22.0 Å². The molecule has 0 bridgehead atoms. The van der Waals surface area contributed by atoms with E-state index in [0.29, 0.717) is 12.3 Å². The van der Waals surface area contributed by atoms with Crippen molar-refractivity contribution in [2.24, 2.45) is 0 Å². The predicted octanol–water partition coefficient (Wildman–Crippen LogP) is 1.54. The highest BCUT2D eigenvalue weighted by atomic mass is 32.2. The van der Waals surface area contributed by atoms with Crippen molar-refractivity contribution >= 4 is 20.8 Å². The van der Waals surface area contributed by atoms with Crippen molar-refractivity contribution in [2.75, 3.05) is 11.6 Å². The zero-order valence-electron chi connectivity index (χ0n) is 7.62. The molecule has 1 aromatic carbocycles. The lowest BCUT2D eigenvalue weighted by Gasteiger charge is -2.04. The lowest BCUT2D eigenvalue weighted by Crippen LogP contribution is -2.20. The van der Waals surface area contributed by atoms with E-state index >= 15 is 0 Å². The van der Waals surface area contributed by atoms with Crippen LogP contribution in [0.3, 0.4) is 0 Å². The number of hydrogen-bond donors (Lipinski definition) is 1. The largest absolute Gasteiger partial charge is 0.340 e. The minimum absolute atomic E-state index is 0.383. The first-order chi connectivity index (χ1) is 6.80. The molecular weight excluding hydrogens is 228 g/mol. The van der Waals surface area contributed by atoms with Crippen LogP contribution in [-0.4, -0.2) is 19.9 Å². The zero-order chi connectivity index (χ0) is 11.6. The Morgan fingerprint density at radius 2 is 1.93 bits per heavy atom. The topological polar surface area (TPSA) is 63.2 Å². The Morgan fingerprint density at radius 1 is 1.33 bits per heavy atom. The summed E-state index contributed by atoms with van der Waals surface area (Å²) in [6, 6.07) is 2.38. The average molecular weight is 235 g/mol. The number of halogens is 2. The molecule has 1 aromatic rings. The number of carbonyl (C=O) groups excluding carboxylic acids is 1. The van der Waals surface area contributed by atoms with Crippen molar-refractivity contribution in [3.8, 4) is 0 Å². The Labute approximate surface area is 84.8 Å². The molecule has 0 radical (unpaired) electrons. The first-order valence-corrected chi connectivity index (χ1v) is 5.66. The summed E-state index contributed by atoms with van der Waals surface area (Å²) in [7, 11) is -3.94. The fourth-order valence-electron chi connectivity index (χ4n) is 0.794. The molecule has 7 heteroatoms. The van der Waals surface area contributed by atoms with E-state index in [4.69, 9.17) is 0 Å². The molecule has 1 amide bonds. The van der Waals surface area contributed by atoms with Crippen molar-refractivity contribution in [1.82, 2.24) is 0 Å². The van der Waals surface area contributed by atoms with Gasteiger partial charge in [0, 0.05) is 12.3 Å². The van der Waals surface area contributed by atoms with Gasteiger partial charge in [0.25, 0.3) is 0 Å². The monoisotopic (exact) mass is 235 g/mol. The van der Waals surface area contributed by atoms with E-state index in [-0.39, 0.29) is 5.69 Å². The van der Waals surface area contributed by atoms with Gasteiger partial charge in [-0.05, 0) is 12.1 Å². The van der Waals surface area contributed by atoms with Gasteiger partial charge in [0.05, 0.1) is 5.69 Å². The maximum Gasteiger partial charge on any atom is 0.340 e. The number of anilines is 1. The van der Waals surface area contributed by atoms with Gasteiger partial charge in [0.15, 0.2) is 0 Å². The van der Waals surface area contributed by atoms with Gasteiger partial charge in [-0.15, -0.1) is 0 Å². The molecule has 15 heavy (non-hydrogen) atoms. The van der Waals surface area contributed by atoms with Crippen molar-refractivity contribution in [2.45, 2.75) is 0 Å². The van der Waals surface area contributed by atoms with Crippen LogP contribution in [0.2, 0.25) is 0 Å². The van der Waals surface area contributed by atoms with E-state index in [2.05, 4.69) is 0 Å². The molecule has 0 aliphatic carbocycles. The minimum Gasteiger partial charge on any atom is -0.310 e. The van der Waals surface area contributed by atoms with Gasteiger partial charge in [-0.2, -0.15) is 0 Å². The molecule has 0 aromatic heterocycles. The fraction of sp³-hybridized carbons (Fsp3) is 0.125. The third kappa shape index (κ3) is 2.98. The maximum absolute atomic E-state index is 12.9. The first kappa shape index (κ1) is 11.6. The van der Waals surface area contributed by atoms with E-state index in [0.717, 1.165) is 12.1 Å². The highest BCUT2D eigenvalue weighted by molar-refractivity contribution is 8.05. The molecular formula is C8H7F2NO3S. The molecule has 1 N–H and O–H groups in total. The number of benzene rings is 1. The summed E-state index contributed by atoms with van der Waals surface area (Å²) in [5.74, 6) is -1.85. The van der Waals surface area contributed by atoms with Gasteiger partial charge in [-0.3, -0.25) is 4.79 Å². The van der Waals surface area contributed by atoms with Gasteiger partial charge in [0.2, 0.25) is 9.84 Å². The summed E-state index contributed by atoms with van der Waals surface area (Å²) in [5.41, 5.74) is -0.383. The predicted molar refractivity (Wildman–Crippen MR) is 50.2 cm³/mol. The molecule has 0 aliphatic heterocycles. The van der Waals surface area contributed by atoms with Crippen LogP contribution in [0.4, 0.5) is 19.3 Å². The number of carbonyl (C=O) groups is 1. The Morgan fingerprint density at radius 3 is 2.40 bits per heavy atom. The molecule has 82 valence electrons. The molecule has 0 spiro atoms. The average Bonchev–Trinajstić information content (AvgIpc) is 2.08. The smallest absolute Gasteiger partial charge is 0.310 e. The summed E-state index contributed by atoms with van der Waals surface area (Å²) in [6.07, 6.45) is 0.684. The Bertz CT molecular complexity index is 499. The molecule has 0 unspecified atom stereocenters. The molecule has 4 nitrogen and oxygen atoms in total. The summed E-state index contributed by atoms with van der Waals surface area (Å²) >= 11 is 0. The third-order valence-corrected chi connectivity index (χ3v) is 2.28. The highest BCUT2D eigenvalue weighted by Gasteiger charge is 2.17. The second kappa shape index (κ2) is 3.93. The fourth-order valence-corrected chi connectivity index (χ4v) is 1.09. The number of hydrogen-bond acceptors (Lipinski definition) is 3. The number of nitrogens with one attached hydrogen (secondary N) is 1. The summed E-state index contributed by atoms with van der Waals surface area (Å²) in [6.45, 7) is 0. The summed E-state index contributed by atoms with van der Waals surface area (Å²) < 4.78 is 46.8. The lowest BCUT2D eigenvalue weighted by molar-refractivity contribution is 0.267.